The summed E-state index contributed by atoms with van der Waals surface area (Å²) < 4.78 is 0. The summed E-state index contributed by atoms with van der Waals surface area (Å²) in [4.78, 5) is 2.46. The molecule has 1 aliphatic rings. The fraction of sp³-hybridized carbons (Fsp3) is 0.467. The van der Waals surface area contributed by atoms with E-state index in [1.54, 1.807) is 0 Å². The molecule has 1 N–H and O–H groups in total. The molecule has 0 amide bonds. The topological polar surface area (TPSA) is 15.3 Å². The van der Waals surface area contributed by atoms with Crippen molar-refractivity contribution >= 4 is 11.4 Å². The Labute approximate surface area is 104 Å². The van der Waals surface area contributed by atoms with Crippen molar-refractivity contribution in [2.24, 2.45) is 0 Å². The van der Waals surface area contributed by atoms with Gasteiger partial charge >= 0.3 is 0 Å². The van der Waals surface area contributed by atoms with Crippen LogP contribution in [-0.4, -0.2) is 19.6 Å². The summed E-state index contributed by atoms with van der Waals surface area (Å²) in [5.41, 5.74) is 3.79. The normalized spacial score (nSPS) is 15.0. The Morgan fingerprint density at radius 1 is 1.24 bits per heavy atom. The van der Waals surface area contributed by atoms with Crippen LogP contribution < -0.4 is 10.2 Å². The summed E-state index contributed by atoms with van der Waals surface area (Å²) in [6, 6.07) is 8.78. The maximum absolute atomic E-state index is 3.91. The van der Waals surface area contributed by atoms with Gasteiger partial charge in [-0.25, -0.2) is 0 Å². The molecule has 0 atom stereocenters. The fourth-order valence-electron chi connectivity index (χ4n) is 2.19. The minimum atomic E-state index is 0.971. The maximum Gasteiger partial charge on any atom is 0.0367 e. The summed E-state index contributed by atoms with van der Waals surface area (Å²) in [6.07, 6.45) is 3.70. The van der Waals surface area contributed by atoms with E-state index in [1.807, 2.05) is 0 Å². The fourth-order valence-corrected chi connectivity index (χ4v) is 2.19. The Bertz CT molecular complexity index is 361. The SMILES string of the molecule is C=C(C)CCNc1ccc(N2CCCC2)cc1. The average molecular weight is 230 g/mol. The van der Waals surface area contributed by atoms with Gasteiger partial charge < -0.3 is 10.2 Å². The molecule has 1 aliphatic heterocycles. The lowest BCUT2D eigenvalue weighted by Gasteiger charge is -2.18. The van der Waals surface area contributed by atoms with E-state index in [2.05, 4.69) is 48.0 Å². The quantitative estimate of drug-likeness (QED) is 0.776. The molecule has 1 saturated heterocycles. The largest absolute Gasteiger partial charge is 0.385 e. The molecule has 1 fully saturated rings. The standard InChI is InChI=1S/C15H22N2/c1-13(2)9-10-16-14-5-7-15(8-6-14)17-11-3-4-12-17/h5-8,16H,1,3-4,9-12H2,2H3. The summed E-state index contributed by atoms with van der Waals surface area (Å²) >= 11 is 0. The first kappa shape index (κ1) is 12.0. The first-order valence-corrected chi connectivity index (χ1v) is 6.49. The summed E-state index contributed by atoms with van der Waals surface area (Å²) in [5, 5.41) is 3.41. The van der Waals surface area contributed by atoms with Crippen LogP contribution in [0.5, 0.6) is 0 Å². The highest BCUT2D eigenvalue weighted by atomic mass is 15.1. The zero-order valence-electron chi connectivity index (χ0n) is 10.7. The minimum absolute atomic E-state index is 0.971. The highest BCUT2D eigenvalue weighted by Gasteiger charge is 2.11. The molecule has 0 aromatic heterocycles. The molecule has 1 aromatic rings. The van der Waals surface area contributed by atoms with Crippen LogP contribution >= 0.6 is 0 Å². The predicted octanol–water partition coefficient (Wildman–Crippen LogP) is 3.66. The molecule has 0 aliphatic carbocycles. The van der Waals surface area contributed by atoms with Gasteiger partial charge in [-0.1, -0.05) is 5.57 Å². The Hall–Kier alpha value is -1.44. The molecule has 1 heterocycles. The lowest BCUT2D eigenvalue weighted by atomic mass is 10.2. The van der Waals surface area contributed by atoms with E-state index in [4.69, 9.17) is 0 Å². The monoisotopic (exact) mass is 230 g/mol. The first-order valence-electron chi connectivity index (χ1n) is 6.49. The van der Waals surface area contributed by atoms with Gasteiger partial charge in [-0.2, -0.15) is 0 Å². The van der Waals surface area contributed by atoms with Gasteiger partial charge in [0.15, 0.2) is 0 Å². The van der Waals surface area contributed by atoms with Crippen LogP contribution in [0.1, 0.15) is 26.2 Å². The molecule has 0 radical (unpaired) electrons. The van der Waals surface area contributed by atoms with Crippen LogP contribution in [0, 0.1) is 0 Å². The van der Waals surface area contributed by atoms with Gasteiger partial charge in [0.25, 0.3) is 0 Å². The van der Waals surface area contributed by atoms with E-state index in [1.165, 1.54) is 42.9 Å². The van der Waals surface area contributed by atoms with Gasteiger partial charge in [0.1, 0.15) is 0 Å². The van der Waals surface area contributed by atoms with Crippen LogP contribution in [-0.2, 0) is 0 Å². The Morgan fingerprint density at radius 2 is 1.88 bits per heavy atom. The molecule has 0 bridgehead atoms. The van der Waals surface area contributed by atoms with Crippen LogP contribution in [0.2, 0.25) is 0 Å². The van der Waals surface area contributed by atoms with Crippen molar-refractivity contribution < 1.29 is 0 Å². The number of rotatable bonds is 5. The molecule has 0 saturated carbocycles. The van der Waals surface area contributed by atoms with Crippen molar-refractivity contribution in [1.29, 1.82) is 0 Å². The zero-order valence-corrected chi connectivity index (χ0v) is 10.7. The summed E-state index contributed by atoms with van der Waals surface area (Å²) in [7, 11) is 0. The molecular formula is C15H22N2. The van der Waals surface area contributed by atoms with Crippen molar-refractivity contribution in [3.8, 4) is 0 Å². The highest BCUT2D eigenvalue weighted by molar-refractivity contribution is 5.55. The van der Waals surface area contributed by atoms with E-state index in [9.17, 15) is 0 Å². The Kier molecular flexibility index (Phi) is 4.08. The van der Waals surface area contributed by atoms with Crippen molar-refractivity contribution in [3.05, 3.63) is 36.4 Å². The third-order valence-corrected chi connectivity index (χ3v) is 3.22. The summed E-state index contributed by atoms with van der Waals surface area (Å²) in [6.45, 7) is 9.37. The number of nitrogens with one attached hydrogen (secondary N) is 1. The molecule has 0 spiro atoms. The number of hydrogen-bond acceptors (Lipinski definition) is 2. The second-order valence-corrected chi connectivity index (χ2v) is 4.87. The van der Waals surface area contributed by atoms with Gasteiger partial charge in [-0.05, 0) is 50.5 Å². The third-order valence-electron chi connectivity index (χ3n) is 3.22. The molecule has 2 nitrogen and oxygen atoms in total. The highest BCUT2D eigenvalue weighted by Crippen LogP contribution is 2.21. The minimum Gasteiger partial charge on any atom is -0.385 e. The average Bonchev–Trinajstić information content (AvgIpc) is 2.83. The molecule has 2 heteroatoms. The van der Waals surface area contributed by atoms with E-state index >= 15 is 0 Å². The number of nitrogens with zero attached hydrogens (tertiary/aromatic N) is 1. The van der Waals surface area contributed by atoms with Crippen LogP contribution in [0.15, 0.2) is 36.4 Å². The molecule has 92 valence electrons. The zero-order chi connectivity index (χ0) is 12.1. The molecule has 17 heavy (non-hydrogen) atoms. The van der Waals surface area contributed by atoms with Gasteiger partial charge in [0.2, 0.25) is 0 Å². The molecular weight excluding hydrogens is 208 g/mol. The van der Waals surface area contributed by atoms with Crippen molar-refractivity contribution in [1.82, 2.24) is 0 Å². The predicted molar refractivity (Wildman–Crippen MR) is 75.8 cm³/mol. The van der Waals surface area contributed by atoms with E-state index in [0.29, 0.717) is 0 Å². The van der Waals surface area contributed by atoms with E-state index in [0.717, 1.165) is 13.0 Å². The molecule has 1 aromatic carbocycles. The van der Waals surface area contributed by atoms with E-state index < -0.39 is 0 Å². The third kappa shape index (κ3) is 3.52. The second kappa shape index (κ2) is 5.76. The van der Waals surface area contributed by atoms with Crippen molar-refractivity contribution in [2.75, 3.05) is 29.9 Å². The van der Waals surface area contributed by atoms with Gasteiger partial charge in [-0.3, -0.25) is 0 Å². The number of benzene rings is 1. The lowest BCUT2D eigenvalue weighted by Crippen LogP contribution is -2.17. The van der Waals surface area contributed by atoms with Crippen molar-refractivity contribution in [3.63, 3.8) is 0 Å². The maximum atomic E-state index is 3.91. The second-order valence-electron chi connectivity index (χ2n) is 4.87. The van der Waals surface area contributed by atoms with Crippen LogP contribution in [0.3, 0.4) is 0 Å². The van der Waals surface area contributed by atoms with Crippen LogP contribution in [0.4, 0.5) is 11.4 Å². The molecule has 2 rings (SSSR count). The van der Waals surface area contributed by atoms with Crippen molar-refractivity contribution in [2.45, 2.75) is 26.2 Å². The lowest BCUT2D eigenvalue weighted by molar-refractivity contribution is 0.949. The summed E-state index contributed by atoms with van der Waals surface area (Å²) in [5.74, 6) is 0. The Morgan fingerprint density at radius 3 is 2.47 bits per heavy atom. The van der Waals surface area contributed by atoms with Gasteiger partial charge in [0.05, 0.1) is 0 Å². The number of anilines is 2. The van der Waals surface area contributed by atoms with E-state index in [-0.39, 0.29) is 0 Å². The molecule has 0 unspecified atom stereocenters. The smallest absolute Gasteiger partial charge is 0.0367 e. The Balaban J connectivity index is 1.86. The number of hydrogen-bond donors (Lipinski definition) is 1. The first-order chi connectivity index (χ1) is 8.25. The van der Waals surface area contributed by atoms with Crippen LogP contribution in [0.25, 0.3) is 0 Å². The van der Waals surface area contributed by atoms with Gasteiger partial charge in [0, 0.05) is 31.0 Å². The van der Waals surface area contributed by atoms with Gasteiger partial charge in [-0.15, -0.1) is 6.58 Å².